The van der Waals surface area contributed by atoms with Crippen LogP contribution in [0.2, 0.25) is 0 Å². The highest BCUT2D eigenvalue weighted by atomic mass is 19.1. The summed E-state index contributed by atoms with van der Waals surface area (Å²) in [5, 5.41) is 5.64. The fourth-order valence-corrected chi connectivity index (χ4v) is 3.63. The molecule has 9 heteroatoms. The Morgan fingerprint density at radius 2 is 1.81 bits per heavy atom. The van der Waals surface area contributed by atoms with E-state index in [1.807, 2.05) is 0 Å². The minimum absolute atomic E-state index is 0.0308. The Bertz CT molecular complexity index is 1100. The zero-order chi connectivity index (χ0) is 22.5. The molecule has 2 amide bonds. The predicted octanol–water partition coefficient (Wildman–Crippen LogP) is 3.78. The summed E-state index contributed by atoms with van der Waals surface area (Å²) in [5.74, 6) is -2.45. The highest BCUT2D eigenvalue weighted by Gasteiger charge is 2.26. The van der Waals surface area contributed by atoms with Gasteiger partial charge in [0.15, 0.2) is 0 Å². The zero-order valence-corrected chi connectivity index (χ0v) is 16.7. The van der Waals surface area contributed by atoms with Gasteiger partial charge in [-0.05, 0) is 54.3 Å². The van der Waals surface area contributed by atoms with Crippen LogP contribution >= 0.6 is 0 Å². The first-order valence-corrected chi connectivity index (χ1v) is 9.63. The van der Waals surface area contributed by atoms with Gasteiger partial charge in [0.05, 0.1) is 12.7 Å². The molecule has 1 aliphatic rings. The Morgan fingerprint density at radius 3 is 2.45 bits per heavy atom. The largest absolute Gasteiger partial charge is 0.354 e. The number of rotatable bonds is 5. The van der Waals surface area contributed by atoms with Crippen LogP contribution in [0, 0.1) is 17.5 Å². The molecule has 3 N–H and O–H groups in total. The normalized spacial score (nSPS) is 15.4. The van der Waals surface area contributed by atoms with E-state index in [0.717, 1.165) is 6.07 Å². The van der Waals surface area contributed by atoms with Crippen molar-refractivity contribution >= 4 is 22.7 Å². The number of fused-ring (bicyclic) bond motifs is 1. The van der Waals surface area contributed by atoms with Crippen molar-refractivity contribution in [3.05, 3.63) is 59.4 Å². The van der Waals surface area contributed by atoms with Crippen LogP contribution in [0.5, 0.6) is 0 Å². The van der Waals surface area contributed by atoms with Crippen molar-refractivity contribution in [3.63, 3.8) is 0 Å². The van der Waals surface area contributed by atoms with Gasteiger partial charge in [-0.3, -0.25) is 14.0 Å². The summed E-state index contributed by atoms with van der Waals surface area (Å²) in [6.07, 6.45) is 0.744. The van der Waals surface area contributed by atoms with Crippen LogP contribution in [0.1, 0.15) is 18.4 Å². The number of benzene rings is 2. The van der Waals surface area contributed by atoms with E-state index in [2.05, 4.69) is 15.6 Å². The number of nitrogens with one attached hydrogen (secondary N) is 3. The Hall–Kier alpha value is -3.36. The molecule has 0 spiro atoms. The zero-order valence-electron chi connectivity index (χ0n) is 16.7. The van der Waals surface area contributed by atoms with Gasteiger partial charge < -0.3 is 15.6 Å². The monoisotopic (exact) mass is 435 g/mol. The lowest BCUT2D eigenvalue weighted by molar-refractivity contribution is -0.127. The molecule has 0 bridgehead atoms. The molecular formula is C22H21F4N3O2. The van der Waals surface area contributed by atoms with Crippen LogP contribution in [-0.4, -0.2) is 36.6 Å². The molecule has 2 heterocycles. The third-order valence-electron chi connectivity index (χ3n) is 5.05. The van der Waals surface area contributed by atoms with Gasteiger partial charge in [0, 0.05) is 30.1 Å². The van der Waals surface area contributed by atoms with E-state index in [-0.39, 0.29) is 30.2 Å². The predicted molar refractivity (Wildman–Crippen MR) is 109 cm³/mol. The summed E-state index contributed by atoms with van der Waals surface area (Å²) < 4.78 is 50.9. The van der Waals surface area contributed by atoms with Crippen molar-refractivity contribution < 1.29 is 27.2 Å². The number of halogens is 4. The fourth-order valence-electron chi connectivity index (χ4n) is 3.63. The average molecular weight is 435 g/mol. The smallest absolute Gasteiger partial charge is 0.242 e. The molecule has 1 saturated heterocycles. The topological polar surface area (TPSA) is 74.0 Å². The highest BCUT2D eigenvalue weighted by molar-refractivity contribution is 5.92. The molecule has 1 unspecified atom stereocenters. The Morgan fingerprint density at radius 1 is 1.10 bits per heavy atom. The van der Waals surface area contributed by atoms with Crippen molar-refractivity contribution in [2.45, 2.75) is 25.3 Å². The molecule has 1 aliphatic heterocycles. The quantitative estimate of drug-likeness (QED) is 0.534. The lowest BCUT2D eigenvalue weighted by Gasteiger charge is -2.10. The minimum Gasteiger partial charge on any atom is -0.354 e. The summed E-state index contributed by atoms with van der Waals surface area (Å²) >= 11 is 0. The van der Waals surface area contributed by atoms with E-state index >= 15 is 0 Å². The first kappa shape index (κ1) is 22.3. The fraction of sp³-hybridized carbons (Fsp3) is 0.273. The van der Waals surface area contributed by atoms with Gasteiger partial charge in [0.1, 0.15) is 23.5 Å². The number of aromatic amines is 1. The maximum Gasteiger partial charge on any atom is 0.242 e. The molecule has 1 aromatic heterocycles. The number of alkyl halides is 1. The maximum atomic E-state index is 14.3. The summed E-state index contributed by atoms with van der Waals surface area (Å²) in [5.41, 5.74) is 1.76. The van der Waals surface area contributed by atoms with Gasteiger partial charge in [-0.1, -0.05) is 0 Å². The molecule has 1 fully saturated rings. The maximum absolute atomic E-state index is 14.3. The van der Waals surface area contributed by atoms with Gasteiger partial charge >= 0.3 is 0 Å². The number of hydrogen-bond acceptors (Lipinski definition) is 2. The van der Waals surface area contributed by atoms with Gasteiger partial charge in [0.25, 0.3) is 0 Å². The van der Waals surface area contributed by atoms with Crippen LogP contribution in [-0.2, 0) is 16.0 Å². The van der Waals surface area contributed by atoms with Crippen LogP contribution in [0.4, 0.5) is 17.6 Å². The second-order valence-electron chi connectivity index (χ2n) is 7.00. The minimum atomic E-state index is -0.748. The molecule has 4 rings (SSSR count). The van der Waals surface area contributed by atoms with Gasteiger partial charge in [0.2, 0.25) is 11.8 Å². The SMILES string of the molecule is CF.O=C(CCc1c(-c2ccc(F)cc2)[nH]c2c(F)cc(F)cc12)NC1CCNC1=O. The van der Waals surface area contributed by atoms with Crippen LogP contribution < -0.4 is 10.6 Å². The molecule has 3 aromatic rings. The van der Waals surface area contributed by atoms with Crippen LogP contribution in [0.3, 0.4) is 0 Å². The molecule has 1 atom stereocenters. The van der Waals surface area contributed by atoms with Crippen LogP contribution in [0.25, 0.3) is 22.2 Å². The van der Waals surface area contributed by atoms with Crippen molar-refractivity contribution in [1.29, 1.82) is 0 Å². The number of amides is 2. The van der Waals surface area contributed by atoms with E-state index < -0.39 is 23.5 Å². The van der Waals surface area contributed by atoms with E-state index in [0.29, 0.717) is 42.4 Å². The first-order valence-electron chi connectivity index (χ1n) is 9.63. The molecular weight excluding hydrogens is 414 g/mol. The van der Waals surface area contributed by atoms with Crippen molar-refractivity contribution in [3.8, 4) is 11.3 Å². The van der Waals surface area contributed by atoms with E-state index in [4.69, 9.17) is 0 Å². The third kappa shape index (κ3) is 4.87. The summed E-state index contributed by atoms with van der Waals surface area (Å²) in [4.78, 5) is 26.9. The van der Waals surface area contributed by atoms with E-state index in [1.54, 1.807) is 0 Å². The first-order chi connectivity index (χ1) is 14.9. The van der Waals surface area contributed by atoms with Crippen molar-refractivity contribution in [2.24, 2.45) is 0 Å². The second kappa shape index (κ2) is 9.63. The molecule has 164 valence electrons. The lowest BCUT2D eigenvalue weighted by atomic mass is 10.0. The van der Waals surface area contributed by atoms with Gasteiger partial charge in [-0.25, -0.2) is 13.2 Å². The molecule has 2 aromatic carbocycles. The number of aryl methyl sites for hydroxylation is 1. The Labute approximate surface area is 175 Å². The molecule has 0 radical (unpaired) electrons. The number of aromatic nitrogens is 1. The van der Waals surface area contributed by atoms with Crippen molar-refractivity contribution in [2.75, 3.05) is 13.7 Å². The average Bonchev–Trinajstić information content (AvgIpc) is 3.32. The summed E-state index contributed by atoms with van der Waals surface area (Å²) in [6, 6.07) is 7.03. The second-order valence-corrected chi connectivity index (χ2v) is 7.00. The van der Waals surface area contributed by atoms with Crippen molar-refractivity contribution in [1.82, 2.24) is 15.6 Å². The third-order valence-corrected chi connectivity index (χ3v) is 5.05. The Balaban J connectivity index is 0.00000132. The highest BCUT2D eigenvalue weighted by Crippen LogP contribution is 2.33. The number of H-pyrrole nitrogens is 1. The summed E-state index contributed by atoms with van der Waals surface area (Å²) in [6.45, 7) is 0.513. The molecule has 31 heavy (non-hydrogen) atoms. The van der Waals surface area contributed by atoms with E-state index in [9.17, 15) is 27.2 Å². The number of hydrogen-bond donors (Lipinski definition) is 3. The van der Waals surface area contributed by atoms with Gasteiger partial charge in [-0.15, -0.1) is 0 Å². The standard InChI is InChI=1S/C21H18F3N3O2.CH3F/c22-12-3-1-11(2-4-12)19-14(15-9-13(23)10-16(24)20(15)27-19)5-6-18(28)26-17-7-8-25-21(17)29;1-2/h1-4,9-10,17,27H,5-8H2,(H,25,29)(H,26,28);1H3. The molecule has 0 saturated carbocycles. The molecule has 5 nitrogen and oxygen atoms in total. The lowest BCUT2D eigenvalue weighted by Crippen LogP contribution is -2.40. The number of carbonyl (C=O) groups excluding carboxylic acids is 2. The summed E-state index contributed by atoms with van der Waals surface area (Å²) in [7, 11) is 0.500. The molecule has 0 aliphatic carbocycles. The van der Waals surface area contributed by atoms with Gasteiger partial charge in [-0.2, -0.15) is 0 Å². The Kier molecular flexibility index (Phi) is 6.94. The van der Waals surface area contributed by atoms with Crippen LogP contribution in [0.15, 0.2) is 36.4 Å². The van der Waals surface area contributed by atoms with E-state index in [1.165, 1.54) is 30.3 Å². The number of carbonyl (C=O) groups is 2.